The lowest BCUT2D eigenvalue weighted by Crippen LogP contribution is -2.29. The van der Waals surface area contributed by atoms with Crippen molar-refractivity contribution < 1.29 is 9.53 Å². The van der Waals surface area contributed by atoms with E-state index < -0.39 is 5.91 Å². The number of benzene rings is 1. The number of amides is 1. The highest BCUT2D eigenvalue weighted by atomic mass is 16.5. The SMILES string of the molecule is COc1nc(CC(C)C)c(=O)[nH]c1C(=O)NCc1c[nH]c2ccccc12. The summed E-state index contributed by atoms with van der Waals surface area (Å²) < 4.78 is 5.20. The molecule has 136 valence electrons. The number of aromatic amines is 2. The maximum atomic E-state index is 12.5. The van der Waals surface area contributed by atoms with Gasteiger partial charge in [-0.05, 0) is 24.0 Å². The highest BCUT2D eigenvalue weighted by Crippen LogP contribution is 2.18. The van der Waals surface area contributed by atoms with Gasteiger partial charge in [0.25, 0.3) is 11.5 Å². The molecule has 0 aliphatic heterocycles. The van der Waals surface area contributed by atoms with Gasteiger partial charge in [-0.25, -0.2) is 4.98 Å². The van der Waals surface area contributed by atoms with Crippen molar-refractivity contribution in [1.29, 1.82) is 0 Å². The van der Waals surface area contributed by atoms with Crippen LogP contribution in [0.5, 0.6) is 5.88 Å². The van der Waals surface area contributed by atoms with E-state index in [-0.39, 0.29) is 23.1 Å². The molecule has 0 spiro atoms. The first kappa shape index (κ1) is 17.7. The number of rotatable bonds is 6. The van der Waals surface area contributed by atoms with Crippen molar-refractivity contribution in [2.24, 2.45) is 5.92 Å². The number of ether oxygens (including phenoxy) is 1. The van der Waals surface area contributed by atoms with Crippen LogP contribution in [0.15, 0.2) is 35.3 Å². The summed E-state index contributed by atoms with van der Waals surface area (Å²) >= 11 is 0. The van der Waals surface area contributed by atoms with Gasteiger partial charge in [-0.3, -0.25) is 9.59 Å². The maximum Gasteiger partial charge on any atom is 0.273 e. The molecule has 2 aromatic heterocycles. The molecule has 1 aromatic carbocycles. The zero-order valence-electron chi connectivity index (χ0n) is 15.1. The Morgan fingerprint density at radius 2 is 2.08 bits per heavy atom. The lowest BCUT2D eigenvalue weighted by atomic mass is 10.1. The maximum absolute atomic E-state index is 12.5. The lowest BCUT2D eigenvalue weighted by molar-refractivity contribution is 0.0941. The normalized spacial score (nSPS) is 11.1. The van der Waals surface area contributed by atoms with Crippen molar-refractivity contribution in [1.82, 2.24) is 20.3 Å². The van der Waals surface area contributed by atoms with Crippen molar-refractivity contribution in [2.45, 2.75) is 26.8 Å². The van der Waals surface area contributed by atoms with Gasteiger partial charge >= 0.3 is 0 Å². The smallest absolute Gasteiger partial charge is 0.273 e. The van der Waals surface area contributed by atoms with Gasteiger partial charge in [-0.15, -0.1) is 0 Å². The number of nitrogens with one attached hydrogen (secondary N) is 3. The van der Waals surface area contributed by atoms with E-state index >= 15 is 0 Å². The van der Waals surface area contributed by atoms with Crippen molar-refractivity contribution >= 4 is 16.8 Å². The fourth-order valence-electron chi connectivity index (χ4n) is 2.84. The molecule has 3 rings (SSSR count). The predicted octanol–water partition coefficient (Wildman–Crippen LogP) is 2.39. The molecule has 0 aliphatic rings. The monoisotopic (exact) mass is 354 g/mol. The fourth-order valence-corrected chi connectivity index (χ4v) is 2.84. The zero-order chi connectivity index (χ0) is 18.7. The number of H-pyrrole nitrogens is 2. The summed E-state index contributed by atoms with van der Waals surface area (Å²) in [6.07, 6.45) is 2.37. The van der Waals surface area contributed by atoms with Gasteiger partial charge in [0.05, 0.1) is 7.11 Å². The average Bonchev–Trinajstić information content (AvgIpc) is 3.04. The Hall–Kier alpha value is -3.09. The molecule has 7 nitrogen and oxygen atoms in total. The summed E-state index contributed by atoms with van der Waals surface area (Å²) in [6.45, 7) is 4.31. The molecular weight excluding hydrogens is 332 g/mol. The molecule has 0 fully saturated rings. The molecule has 0 aliphatic carbocycles. The van der Waals surface area contributed by atoms with E-state index in [1.54, 1.807) is 0 Å². The summed E-state index contributed by atoms with van der Waals surface area (Å²) in [5.41, 5.74) is 1.99. The third kappa shape index (κ3) is 3.61. The Bertz CT molecular complexity index is 988. The Morgan fingerprint density at radius 1 is 1.31 bits per heavy atom. The number of carbonyl (C=O) groups is 1. The van der Waals surface area contributed by atoms with Crippen LogP contribution < -0.4 is 15.6 Å². The van der Waals surface area contributed by atoms with Gasteiger partial charge in [0.15, 0.2) is 5.69 Å². The Balaban J connectivity index is 1.81. The first-order valence-corrected chi connectivity index (χ1v) is 8.50. The van der Waals surface area contributed by atoms with Crippen LogP contribution in [-0.2, 0) is 13.0 Å². The molecular formula is C19H22N4O3. The molecule has 7 heteroatoms. The van der Waals surface area contributed by atoms with Crippen LogP contribution in [-0.4, -0.2) is 28.0 Å². The fraction of sp³-hybridized carbons (Fsp3) is 0.316. The summed E-state index contributed by atoms with van der Waals surface area (Å²) in [6, 6.07) is 7.84. The first-order valence-electron chi connectivity index (χ1n) is 8.50. The number of hydrogen-bond acceptors (Lipinski definition) is 4. The van der Waals surface area contributed by atoms with Crippen molar-refractivity contribution in [3.05, 3.63) is 57.8 Å². The van der Waals surface area contributed by atoms with Gasteiger partial charge in [-0.2, -0.15) is 0 Å². The van der Waals surface area contributed by atoms with Gasteiger partial charge in [0.2, 0.25) is 5.88 Å². The van der Waals surface area contributed by atoms with E-state index in [9.17, 15) is 9.59 Å². The van der Waals surface area contributed by atoms with Crippen molar-refractivity contribution in [3.8, 4) is 5.88 Å². The molecule has 0 bridgehead atoms. The summed E-state index contributed by atoms with van der Waals surface area (Å²) in [4.78, 5) is 34.7. The topological polar surface area (TPSA) is 99.9 Å². The summed E-state index contributed by atoms with van der Waals surface area (Å²) in [5.74, 6) is -0.0423. The van der Waals surface area contributed by atoms with Gasteiger partial charge in [0.1, 0.15) is 5.69 Å². The largest absolute Gasteiger partial charge is 0.479 e. The van der Waals surface area contributed by atoms with Crippen LogP contribution in [0.1, 0.15) is 35.6 Å². The third-order valence-electron chi connectivity index (χ3n) is 4.09. The summed E-state index contributed by atoms with van der Waals surface area (Å²) in [5, 5.41) is 3.85. The molecule has 0 saturated heterocycles. The van der Waals surface area contributed by atoms with E-state index in [4.69, 9.17) is 4.74 Å². The van der Waals surface area contributed by atoms with E-state index in [0.29, 0.717) is 18.7 Å². The van der Waals surface area contributed by atoms with E-state index in [2.05, 4.69) is 20.3 Å². The minimum atomic E-state index is -0.437. The molecule has 3 aromatic rings. The molecule has 26 heavy (non-hydrogen) atoms. The lowest BCUT2D eigenvalue weighted by Gasteiger charge is -2.10. The van der Waals surface area contributed by atoms with Gasteiger partial charge in [0, 0.05) is 23.6 Å². The molecule has 3 N–H and O–H groups in total. The molecule has 0 unspecified atom stereocenters. The molecule has 0 atom stereocenters. The molecule has 1 amide bonds. The number of para-hydroxylation sites is 1. The van der Waals surface area contributed by atoms with Gasteiger partial charge in [-0.1, -0.05) is 32.0 Å². The minimum Gasteiger partial charge on any atom is -0.479 e. The van der Waals surface area contributed by atoms with E-state index in [1.807, 2.05) is 44.3 Å². The Morgan fingerprint density at radius 3 is 2.81 bits per heavy atom. The average molecular weight is 354 g/mol. The van der Waals surface area contributed by atoms with E-state index in [1.165, 1.54) is 7.11 Å². The van der Waals surface area contributed by atoms with Crippen LogP contribution in [0, 0.1) is 5.92 Å². The highest BCUT2D eigenvalue weighted by Gasteiger charge is 2.18. The second kappa shape index (κ2) is 7.43. The van der Waals surface area contributed by atoms with Crippen LogP contribution in [0.25, 0.3) is 10.9 Å². The molecule has 0 saturated carbocycles. The number of fused-ring (bicyclic) bond motifs is 1. The van der Waals surface area contributed by atoms with Crippen LogP contribution in [0.2, 0.25) is 0 Å². The quantitative estimate of drug-likeness (QED) is 0.633. The number of aromatic nitrogens is 3. The Labute approximate surface area is 150 Å². The number of nitrogens with zero attached hydrogens (tertiary/aromatic N) is 1. The molecule has 0 radical (unpaired) electrons. The minimum absolute atomic E-state index is 0.0323. The Kier molecular flexibility index (Phi) is 5.06. The van der Waals surface area contributed by atoms with Crippen LogP contribution in [0.3, 0.4) is 0 Å². The van der Waals surface area contributed by atoms with Crippen molar-refractivity contribution in [2.75, 3.05) is 7.11 Å². The second-order valence-corrected chi connectivity index (χ2v) is 6.54. The highest BCUT2D eigenvalue weighted by molar-refractivity contribution is 5.94. The number of carbonyl (C=O) groups excluding carboxylic acids is 1. The van der Waals surface area contributed by atoms with Gasteiger partial charge < -0.3 is 20.0 Å². The third-order valence-corrected chi connectivity index (χ3v) is 4.09. The number of methoxy groups -OCH3 is 1. The molecule has 2 heterocycles. The summed E-state index contributed by atoms with van der Waals surface area (Å²) in [7, 11) is 1.43. The van der Waals surface area contributed by atoms with Crippen LogP contribution in [0.4, 0.5) is 0 Å². The second-order valence-electron chi connectivity index (χ2n) is 6.54. The standard InChI is InChI=1S/C19H22N4O3/c1-11(2)8-15-17(24)23-16(19(22-15)26-3)18(25)21-10-12-9-20-14-7-5-4-6-13(12)14/h4-7,9,11,20H,8,10H2,1-3H3,(H,21,25)(H,23,24). The first-order chi connectivity index (χ1) is 12.5. The van der Waals surface area contributed by atoms with Crippen molar-refractivity contribution in [3.63, 3.8) is 0 Å². The number of hydrogen-bond donors (Lipinski definition) is 3. The predicted molar refractivity (Wildman–Crippen MR) is 99.4 cm³/mol. The van der Waals surface area contributed by atoms with E-state index in [0.717, 1.165) is 16.5 Å². The van der Waals surface area contributed by atoms with Crippen LogP contribution >= 0.6 is 0 Å². The zero-order valence-corrected chi connectivity index (χ0v) is 15.1.